The minimum atomic E-state index is -2.52. The number of rotatable bonds is 14. The predicted molar refractivity (Wildman–Crippen MR) is 141 cm³/mol. The number of benzene rings is 1. The Balaban J connectivity index is 1.57. The second kappa shape index (κ2) is 13.6. The Morgan fingerprint density at radius 1 is 0.976 bits per heavy atom. The molecule has 2 aromatic heterocycles. The van der Waals surface area contributed by atoms with Gasteiger partial charge in [-0.3, -0.25) is 24.2 Å². The number of hydrogen-bond acceptors (Lipinski definition) is 11. The van der Waals surface area contributed by atoms with Gasteiger partial charge in [-0.15, -0.1) is 0 Å². The highest BCUT2D eigenvalue weighted by Gasteiger charge is 2.31. The SMILES string of the molecule is Nc1nc2ncc(CNc3ccc(C(=O)N[C@@H](CC(F)C(=O)N[C@@H](CCC(=O)O)C(=O)O)C(=O)O)cc3)nc2c(=O)[nH]1. The van der Waals surface area contributed by atoms with Crippen molar-refractivity contribution in [2.45, 2.75) is 44.1 Å². The minimum Gasteiger partial charge on any atom is -0.481 e. The summed E-state index contributed by atoms with van der Waals surface area (Å²) < 4.78 is 14.5. The Bertz CT molecular complexity index is 1560. The van der Waals surface area contributed by atoms with Crippen LogP contribution in [0, 0.1) is 0 Å². The highest BCUT2D eigenvalue weighted by Crippen LogP contribution is 2.13. The quantitative estimate of drug-likeness (QED) is 0.115. The first-order chi connectivity index (χ1) is 19.8. The second-order valence-corrected chi connectivity index (χ2v) is 8.81. The fourth-order valence-electron chi connectivity index (χ4n) is 3.55. The van der Waals surface area contributed by atoms with Crippen LogP contribution in [0.5, 0.6) is 0 Å². The molecule has 18 heteroatoms. The number of aliphatic carboxylic acids is 3. The number of hydrogen-bond donors (Lipinski definition) is 8. The van der Waals surface area contributed by atoms with Gasteiger partial charge >= 0.3 is 17.9 Å². The number of carbonyl (C=O) groups excluding carboxylic acids is 2. The maximum absolute atomic E-state index is 14.5. The average molecular weight is 589 g/mol. The first-order valence-corrected chi connectivity index (χ1v) is 12.1. The van der Waals surface area contributed by atoms with E-state index in [1.165, 1.54) is 30.5 Å². The molecule has 17 nitrogen and oxygen atoms in total. The van der Waals surface area contributed by atoms with Crippen LogP contribution in [-0.4, -0.2) is 83.2 Å². The van der Waals surface area contributed by atoms with Gasteiger partial charge in [0.25, 0.3) is 17.4 Å². The van der Waals surface area contributed by atoms with E-state index in [-0.39, 0.29) is 29.2 Å². The number of amides is 2. The number of nitrogens with two attached hydrogens (primary N) is 1. The molecule has 3 atom stereocenters. The molecule has 0 radical (unpaired) electrons. The Kier molecular flexibility index (Phi) is 9.99. The maximum atomic E-state index is 14.5. The highest BCUT2D eigenvalue weighted by molar-refractivity contribution is 5.97. The first-order valence-electron chi connectivity index (χ1n) is 12.1. The number of fused-ring (bicyclic) bond motifs is 1. The lowest BCUT2D eigenvalue weighted by Gasteiger charge is -2.19. The van der Waals surface area contributed by atoms with Crippen molar-refractivity contribution in [3.8, 4) is 0 Å². The Morgan fingerprint density at radius 2 is 1.64 bits per heavy atom. The van der Waals surface area contributed by atoms with Gasteiger partial charge in [0.1, 0.15) is 12.1 Å². The van der Waals surface area contributed by atoms with Crippen LogP contribution in [0.25, 0.3) is 11.2 Å². The van der Waals surface area contributed by atoms with Crippen LogP contribution in [0.3, 0.4) is 0 Å². The molecule has 2 amide bonds. The summed E-state index contributed by atoms with van der Waals surface area (Å²) in [5.41, 5.74) is 5.92. The molecule has 3 rings (SSSR count). The van der Waals surface area contributed by atoms with Gasteiger partial charge in [0.05, 0.1) is 18.4 Å². The zero-order chi connectivity index (χ0) is 31.0. The summed E-state index contributed by atoms with van der Waals surface area (Å²) in [5, 5.41) is 34.1. The van der Waals surface area contributed by atoms with E-state index in [9.17, 15) is 38.3 Å². The number of aromatic nitrogens is 4. The van der Waals surface area contributed by atoms with Crippen molar-refractivity contribution in [2.24, 2.45) is 0 Å². The molecule has 0 saturated carbocycles. The zero-order valence-corrected chi connectivity index (χ0v) is 21.5. The summed E-state index contributed by atoms with van der Waals surface area (Å²) >= 11 is 0. The van der Waals surface area contributed by atoms with Crippen molar-refractivity contribution >= 4 is 52.5 Å². The van der Waals surface area contributed by atoms with Crippen LogP contribution in [0.1, 0.15) is 35.3 Å². The van der Waals surface area contributed by atoms with Crippen LogP contribution in [0.4, 0.5) is 16.0 Å². The van der Waals surface area contributed by atoms with Gasteiger partial charge in [0.15, 0.2) is 17.3 Å². The molecule has 3 aromatic rings. The molecule has 0 aliphatic rings. The summed E-state index contributed by atoms with van der Waals surface area (Å²) in [5.74, 6) is -7.03. The van der Waals surface area contributed by atoms with E-state index in [0.717, 1.165) is 0 Å². The molecule has 42 heavy (non-hydrogen) atoms. The summed E-state index contributed by atoms with van der Waals surface area (Å²) in [7, 11) is 0. The van der Waals surface area contributed by atoms with Gasteiger partial charge < -0.3 is 37.0 Å². The summed E-state index contributed by atoms with van der Waals surface area (Å²) in [6.07, 6.45) is -3.27. The van der Waals surface area contributed by atoms with Crippen molar-refractivity contribution in [2.75, 3.05) is 11.1 Å². The highest BCUT2D eigenvalue weighted by atomic mass is 19.1. The van der Waals surface area contributed by atoms with E-state index in [2.05, 4.69) is 30.6 Å². The number of alkyl halides is 1. The van der Waals surface area contributed by atoms with Gasteiger partial charge in [-0.25, -0.2) is 23.9 Å². The Labute approximate surface area is 234 Å². The van der Waals surface area contributed by atoms with Crippen LogP contribution >= 0.6 is 0 Å². The Morgan fingerprint density at radius 3 is 2.26 bits per heavy atom. The molecule has 1 unspecified atom stereocenters. The summed E-state index contributed by atoms with van der Waals surface area (Å²) in [6, 6.07) is 2.12. The molecule has 0 fully saturated rings. The van der Waals surface area contributed by atoms with E-state index in [1.807, 2.05) is 5.32 Å². The number of halogens is 1. The van der Waals surface area contributed by atoms with E-state index in [0.29, 0.717) is 11.4 Å². The number of nitrogens with one attached hydrogen (secondary N) is 4. The maximum Gasteiger partial charge on any atom is 0.326 e. The van der Waals surface area contributed by atoms with Crippen molar-refractivity contribution < 1.29 is 43.7 Å². The van der Waals surface area contributed by atoms with Gasteiger partial charge in [-0.1, -0.05) is 0 Å². The van der Waals surface area contributed by atoms with E-state index >= 15 is 0 Å². The average Bonchev–Trinajstić information content (AvgIpc) is 2.93. The van der Waals surface area contributed by atoms with Crippen LogP contribution in [0.15, 0.2) is 35.3 Å². The zero-order valence-electron chi connectivity index (χ0n) is 21.5. The summed E-state index contributed by atoms with van der Waals surface area (Å²) in [6.45, 7) is 0.137. The molecular formula is C24H25FN8O9. The van der Waals surface area contributed by atoms with Crippen molar-refractivity contribution in [3.05, 3.63) is 52.1 Å². The number of carbonyl (C=O) groups is 5. The lowest BCUT2D eigenvalue weighted by atomic mass is 10.1. The molecule has 0 bridgehead atoms. The monoisotopic (exact) mass is 588 g/mol. The fourth-order valence-corrected chi connectivity index (χ4v) is 3.55. The second-order valence-electron chi connectivity index (χ2n) is 8.81. The van der Waals surface area contributed by atoms with E-state index < -0.39 is 72.8 Å². The molecule has 1 aromatic carbocycles. The molecule has 0 aliphatic carbocycles. The van der Waals surface area contributed by atoms with Crippen molar-refractivity contribution in [3.63, 3.8) is 0 Å². The van der Waals surface area contributed by atoms with Crippen molar-refractivity contribution in [1.82, 2.24) is 30.6 Å². The minimum absolute atomic E-state index is 0.00334. The molecule has 2 heterocycles. The standard InChI is InChI=1S/C24H25FN8O9/c25-13(20(37)30-14(22(39)40)5-6-16(34)35)7-15(23(41)42)31-19(36)10-1-3-11(4-2-10)27-8-12-9-28-18-17(29-12)21(38)33-24(26)32-18/h1-4,9,13-15,27H,5-8H2,(H,30,37)(H,31,36)(H,34,35)(H,39,40)(H,41,42)(H3,26,28,32,33,38)/t13?,14-,15-/m0/s1. The number of carboxylic acids is 3. The Hall–Kier alpha value is -5.68. The molecule has 9 N–H and O–H groups in total. The number of anilines is 2. The van der Waals surface area contributed by atoms with E-state index in [4.69, 9.17) is 15.9 Å². The van der Waals surface area contributed by atoms with Gasteiger partial charge in [0, 0.05) is 24.1 Å². The van der Waals surface area contributed by atoms with E-state index in [1.54, 1.807) is 0 Å². The largest absolute Gasteiger partial charge is 0.481 e. The third kappa shape index (κ3) is 8.41. The van der Waals surface area contributed by atoms with Crippen LogP contribution in [0.2, 0.25) is 0 Å². The predicted octanol–water partition coefficient (Wildman–Crippen LogP) is -0.747. The lowest BCUT2D eigenvalue weighted by molar-refractivity contribution is -0.145. The topological polar surface area (TPSA) is 280 Å². The van der Waals surface area contributed by atoms with Gasteiger partial charge in [-0.2, -0.15) is 4.98 Å². The third-order valence-electron chi connectivity index (χ3n) is 5.70. The fraction of sp³-hybridized carbons (Fsp3) is 0.292. The number of H-pyrrole nitrogens is 1. The molecular weight excluding hydrogens is 563 g/mol. The number of nitrogens with zero attached hydrogens (tertiary/aromatic N) is 3. The molecule has 0 aliphatic heterocycles. The molecule has 222 valence electrons. The van der Waals surface area contributed by atoms with Crippen LogP contribution in [-0.2, 0) is 25.7 Å². The number of carboxylic acid groups (broad SMARTS) is 3. The van der Waals surface area contributed by atoms with Crippen molar-refractivity contribution in [1.29, 1.82) is 0 Å². The van der Waals surface area contributed by atoms with Gasteiger partial charge in [0.2, 0.25) is 5.95 Å². The lowest BCUT2D eigenvalue weighted by Crippen LogP contribution is -2.48. The van der Waals surface area contributed by atoms with Crippen LogP contribution < -0.4 is 27.2 Å². The molecule has 0 saturated heterocycles. The smallest absolute Gasteiger partial charge is 0.326 e. The number of nitrogen functional groups attached to an aromatic ring is 1. The third-order valence-corrected chi connectivity index (χ3v) is 5.70. The normalized spacial score (nSPS) is 13.0. The first kappa shape index (κ1) is 30.9. The summed E-state index contributed by atoms with van der Waals surface area (Å²) in [4.78, 5) is 84.5. The van der Waals surface area contributed by atoms with Gasteiger partial charge in [-0.05, 0) is 30.7 Å². The molecule has 0 spiro atoms. The number of aromatic amines is 1.